The van der Waals surface area contributed by atoms with Crippen molar-refractivity contribution in [2.75, 3.05) is 39.3 Å². The van der Waals surface area contributed by atoms with Crippen LogP contribution < -0.4 is 5.46 Å². The van der Waals surface area contributed by atoms with Gasteiger partial charge < -0.3 is 13.7 Å². The molecule has 2 aliphatic rings. The maximum atomic E-state index is 6.36. The van der Waals surface area contributed by atoms with Crippen LogP contribution in [0.1, 0.15) is 54.0 Å². The third-order valence-corrected chi connectivity index (χ3v) is 12.6. The highest BCUT2D eigenvalue weighted by molar-refractivity contribution is 6.74. The Balaban J connectivity index is 1.42. The van der Waals surface area contributed by atoms with Gasteiger partial charge in [0, 0.05) is 45.9 Å². The number of hydrogen-bond donors (Lipinski definition) is 0. The molecule has 2 heterocycles. The lowest BCUT2D eigenvalue weighted by molar-refractivity contribution is 0.00578. The first-order valence-electron chi connectivity index (χ1n) is 12.2. The summed E-state index contributed by atoms with van der Waals surface area (Å²) >= 11 is 0. The van der Waals surface area contributed by atoms with Crippen molar-refractivity contribution in [3.63, 3.8) is 0 Å². The summed E-state index contributed by atoms with van der Waals surface area (Å²) < 4.78 is 18.7. The minimum absolute atomic E-state index is 0.281. The molecule has 0 unspecified atom stereocenters. The van der Waals surface area contributed by atoms with E-state index < -0.39 is 8.32 Å². The lowest BCUT2D eigenvalue weighted by Gasteiger charge is -2.38. The first kappa shape index (κ1) is 25.9. The number of nitrogens with zero attached hydrogens (tertiary/aromatic N) is 2. The molecule has 0 atom stereocenters. The molecule has 1 aromatic carbocycles. The molecule has 0 aliphatic carbocycles. The molecule has 1 aromatic rings. The summed E-state index contributed by atoms with van der Waals surface area (Å²) in [5.74, 6) is 0. The average molecular weight is 461 g/mol. The number of hydrogen-bond acceptors (Lipinski definition) is 5. The normalized spacial score (nSPS) is 22.5. The van der Waals surface area contributed by atoms with Gasteiger partial charge in [-0.1, -0.05) is 45.0 Å². The fourth-order valence-electron chi connectivity index (χ4n) is 3.83. The van der Waals surface area contributed by atoms with Crippen LogP contribution in [0.15, 0.2) is 24.3 Å². The molecular formula is C25H45BN2O3Si. The maximum Gasteiger partial charge on any atom is 0.494 e. The van der Waals surface area contributed by atoms with E-state index in [1.165, 1.54) is 5.56 Å². The van der Waals surface area contributed by atoms with E-state index in [0.717, 1.165) is 51.3 Å². The van der Waals surface area contributed by atoms with Gasteiger partial charge in [0.15, 0.2) is 8.32 Å². The van der Waals surface area contributed by atoms with Crippen LogP contribution in [0.25, 0.3) is 0 Å². The molecule has 5 nitrogen and oxygen atoms in total. The third kappa shape index (κ3) is 6.05. The fourth-order valence-corrected chi connectivity index (χ4v) is 4.87. The van der Waals surface area contributed by atoms with Gasteiger partial charge in [-0.2, -0.15) is 0 Å². The monoisotopic (exact) mass is 460 g/mol. The van der Waals surface area contributed by atoms with E-state index in [-0.39, 0.29) is 23.4 Å². The van der Waals surface area contributed by atoms with Crippen molar-refractivity contribution in [1.82, 2.24) is 9.80 Å². The van der Waals surface area contributed by atoms with Gasteiger partial charge in [0.1, 0.15) is 0 Å². The first-order valence-corrected chi connectivity index (χ1v) is 15.1. The summed E-state index contributed by atoms with van der Waals surface area (Å²) in [5.41, 5.74) is 1.84. The summed E-state index contributed by atoms with van der Waals surface area (Å²) in [6.07, 6.45) is 0. The van der Waals surface area contributed by atoms with Crippen molar-refractivity contribution in [2.45, 2.75) is 84.3 Å². The van der Waals surface area contributed by atoms with Crippen LogP contribution in [0.4, 0.5) is 0 Å². The van der Waals surface area contributed by atoms with Gasteiger partial charge in [0.2, 0.25) is 0 Å². The summed E-state index contributed by atoms with van der Waals surface area (Å²) in [6, 6.07) is 8.76. The van der Waals surface area contributed by atoms with Crippen molar-refractivity contribution in [3.05, 3.63) is 29.8 Å². The summed E-state index contributed by atoms with van der Waals surface area (Å²) in [5, 5.41) is 0.281. The predicted molar refractivity (Wildman–Crippen MR) is 137 cm³/mol. The van der Waals surface area contributed by atoms with Gasteiger partial charge in [0.25, 0.3) is 0 Å². The second-order valence-corrected chi connectivity index (χ2v) is 16.9. The minimum atomic E-state index is -1.64. The van der Waals surface area contributed by atoms with Crippen molar-refractivity contribution in [1.29, 1.82) is 0 Å². The molecule has 0 spiro atoms. The second kappa shape index (κ2) is 9.51. The molecule has 0 N–H and O–H groups in total. The van der Waals surface area contributed by atoms with Gasteiger partial charge in [-0.3, -0.25) is 9.80 Å². The van der Waals surface area contributed by atoms with Crippen molar-refractivity contribution < 1.29 is 13.7 Å². The first-order chi connectivity index (χ1) is 14.7. The van der Waals surface area contributed by atoms with Crippen molar-refractivity contribution >= 4 is 20.9 Å². The SMILES string of the molecule is CC1(C)OB(c2ccc(CN3CCN(CCO[Si](C)(C)C(C)(C)C)CC3)cc2)OC1(C)C. The highest BCUT2D eigenvalue weighted by atomic mass is 28.4. The molecular weight excluding hydrogens is 415 g/mol. The molecule has 2 fully saturated rings. The Kier molecular flexibility index (Phi) is 7.70. The topological polar surface area (TPSA) is 34.2 Å². The summed E-state index contributed by atoms with van der Waals surface area (Å²) in [7, 11) is -1.93. The van der Waals surface area contributed by atoms with Crippen LogP contribution in [0.3, 0.4) is 0 Å². The van der Waals surface area contributed by atoms with E-state index in [9.17, 15) is 0 Å². The lowest BCUT2D eigenvalue weighted by atomic mass is 9.79. The van der Waals surface area contributed by atoms with Gasteiger partial charge >= 0.3 is 7.12 Å². The van der Waals surface area contributed by atoms with E-state index in [2.05, 4.69) is 95.6 Å². The molecule has 0 aromatic heterocycles. The van der Waals surface area contributed by atoms with Crippen LogP contribution in [-0.2, 0) is 20.3 Å². The highest BCUT2D eigenvalue weighted by Crippen LogP contribution is 2.37. The molecule has 0 amide bonds. The Bertz CT molecular complexity index is 737. The molecule has 2 saturated heterocycles. The highest BCUT2D eigenvalue weighted by Gasteiger charge is 2.51. The van der Waals surface area contributed by atoms with Crippen LogP contribution in [-0.4, -0.2) is 75.8 Å². The van der Waals surface area contributed by atoms with Crippen LogP contribution in [0.5, 0.6) is 0 Å². The zero-order valence-corrected chi connectivity index (χ0v) is 23.0. The molecule has 0 radical (unpaired) electrons. The molecule has 7 heteroatoms. The zero-order chi connectivity index (χ0) is 23.8. The summed E-state index contributed by atoms with van der Waals surface area (Å²) in [4.78, 5) is 5.10. The van der Waals surface area contributed by atoms with Crippen LogP contribution >= 0.6 is 0 Å². The molecule has 0 bridgehead atoms. The van der Waals surface area contributed by atoms with Crippen molar-refractivity contribution in [3.8, 4) is 0 Å². The Morgan fingerprint density at radius 1 is 0.906 bits per heavy atom. The van der Waals surface area contributed by atoms with Gasteiger partial charge in [-0.15, -0.1) is 0 Å². The molecule has 32 heavy (non-hydrogen) atoms. The van der Waals surface area contributed by atoms with E-state index in [4.69, 9.17) is 13.7 Å². The van der Waals surface area contributed by atoms with Crippen LogP contribution in [0.2, 0.25) is 18.1 Å². The Morgan fingerprint density at radius 2 is 1.41 bits per heavy atom. The van der Waals surface area contributed by atoms with Crippen molar-refractivity contribution in [2.24, 2.45) is 0 Å². The largest absolute Gasteiger partial charge is 0.494 e. The van der Waals surface area contributed by atoms with Gasteiger partial charge in [0.05, 0.1) is 11.2 Å². The minimum Gasteiger partial charge on any atom is -0.416 e. The molecule has 0 saturated carbocycles. The van der Waals surface area contributed by atoms with E-state index in [1.807, 2.05) is 0 Å². The van der Waals surface area contributed by atoms with E-state index >= 15 is 0 Å². The van der Waals surface area contributed by atoms with Gasteiger partial charge in [-0.25, -0.2) is 0 Å². The maximum absolute atomic E-state index is 6.36. The second-order valence-electron chi connectivity index (χ2n) is 12.1. The molecule has 2 aliphatic heterocycles. The fraction of sp³-hybridized carbons (Fsp3) is 0.760. The smallest absolute Gasteiger partial charge is 0.416 e. The Morgan fingerprint density at radius 3 is 1.91 bits per heavy atom. The summed E-state index contributed by atoms with van der Waals surface area (Å²) in [6.45, 7) is 27.3. The lowest BCUT2D eigenvalue weighted by Crippen LogP contribution is -2.48. The van der Waals surface area contributed by atoms with E-state index in [0.29, 0.717) is 0 Å². The van der Waals surface area contributed by atoms with Gasteiger partial charge in [-0.05, 0) is 56.9 Å². The average Bonchev–Trinajstić information content (AvgIpc) is 2.90. The Hall–Kier alpha value is -0.698. The Labute approximate surface area is 198 Å². The zero-order valence-electron chi connectivity index (χ0n) is 22.0. The number of piperazine rings is 1. The predicted octanol–water partition coefficient (Wildman–Crippen LogP) is 4.13. The molecule has 3 rings (SSSR count). The number of benzene rings is 1. The van der Waals surface area contributed by atoms with Crippen LogP contribution in [0, 0.1) is 0 Å². The van der Waals surface area contributed by atoms with E-state index in [1.54, 1.807) is 0 Å². The quantitative estimate of drug-likeness (QED) is 0.572. The molecule has 180 valence electrons. The number of rotatable bonds is 7. The third-order valence-electron chi connectivity index (χ3n) is 8.05. The standard InChI is InChI=1S/C25H45BN2O3Si/c1-23(2,3)32(8,9)29-19-18-27-14-16-28(17-15-27)20-21-10-12-22(13-11-21)26-30-24(4,5)25(6,7)31-26/h10-13H,14-20H2,1-9H3.